The van der Waals surface area contributed by atoms with E-state index in [4.69, 9.17) is 0 Å². The van der Waals surface area contributed by atoms with Gasteiger partial charge in [-0.2, -0.15) is 0 Å². The molecule has 0 saturated carbocycles. The van der Waals surface area contributed by atoms with Gasteiger partial charge in [-0.3, -0.25) is 9.59 Å². The summed E-state index contributed by atoms with van der Waals surface area (Å²) < 4.78 is 0. The predicted octanol–water partition coefficient (Wildman–Crippen LogP) is 0.119. The molecular weight excluding hydrogens is 230 g/mol. The van der Waals surface area contributed by atoms with Crippen molar-refractivity contribution in [3.8, 4) is 0 Å². The Bertz CT molecular complexity index is 403. The molecule has 0 radical (unpaired) electrons. The van der Waals surface area contributed by atoms with Crippen LogP contribution in [0.3, 0.4) is 0 Å². The predicted molar refractivity (Wildman–Crippen MR) is 54.9 cm³/mol. The molecule has 3 aliphatic heterocycles. The SMILES string of the molecule is CC(=O)ON1C(=O)C2C3C=CC(S3)C2C1=O. The van der Waals surface area contributed by atoms with Gasteiger partial charge in [0.2, 0.25) is 0 Å². The van der Waals surface area contributed by atoms with Gasteiger partial charge in [0.05, 0.1) is 11.8 Å². The average molecular weight is 239 g/mol. The van der Waals surface area contributed by atoms with Crippen LogP contribution in [-0.2, 0) is 19.2 Å². The zero-order valence-corrected chi connectivity index (χ0v) is 9.27. The standard InChI is InChI=1S/C10H9NO4S/c1-4(12)15-11-9(13)7-5-2-3-6(16-5)8(7)10(11)14/h2-3,5-8H,1H3. The zero-order valence-electron chi connectivity index (χ0n) is 8.45. The van der Waals surface area contributed by atoms with Gasteiger partial charge in [0.15, 0.2) is 0 Å². The third-order valence-electron chi connectivity index (χ3n) is 3.09. The second-order valence-corrected chi connectivity index (χ2v) is 5.42. The lowest BCUT2D eigenvalue weighted by molar-refractivity contribution is -0.197. The smallest absolute Gasteiger partial charge is 0.330 e. The van der Waals surface area contributed by atoms with E-state index < -0.39 is 5.97 Å². The Hall–Kier alpha value is -1.30. The minimum Gasteiger partial charge on any atom is -0.331 e. The third-order valence-corrected chi connectivity index (χ3v) is 4.62. The van der Waals surface area contributed by atoms with E-state index in [-0.39, 0.29) is 34.2 Å². The van der Waals surface area contributed by atoms with Gasteiger partial charge in [-0.1, -0.05) is 12.2 Å². The average Bonchev–Trinajstić information content (AvgIpc) is 2.87. The summed E-state index contributed by atoms with van der Waals surface area (Å²) in [5.41, 5.74) is 0. The molecule has 0 N–H and O–H groups in total. The highest BCUT2D eigenvalue weighted by Gasteiger charge is 2.61. The van der Waals surface area contributed by atoms with Crippen molar-refractivity contribution in [1.29, 1.82) is 0 Å². The summed E-state index contributed by atoms with van der Waals surface area (Å²) in [4.78, 5) is 39.3. The van der Waals surface area contributed by atoms with E-state index in [2.05, 4.69) is 4.84 Å². The molecule has 3 aliphatic rings. The second-order valence-electron chi connectivity index (χ2n) is 4.06. The largest absolute Gasteiger partial charge is 0.331 e. The Morgan fingerprint density at radius 2 is 1.75 bits per heavy atom. The van der Waals surface area contributed by atoms with Crippen LogP contribution < -0.4 is 0 Å². The maximum absolute atomic E-state index is 11.9. The highest BCUT2D eigenvalue weighted by atomic mass is 32.2. The fourth-order valence-corrected chi connectivity index (χ4v) is 4.13. The van der Waals surface area contributed by atoms with Gasteiger partial charge in [-0.25, -0.2) is 4.79 Å². The molecule has 0 aromatic carbocycles. The van der Waals surface area contributed by atoms with Gasteiger partial charge in [0, 0.05) is 17.4 Å². The molecule has 84 valence electrons. The van der Waals surface area contributed by atoms with Crippen LogP contribution in [0.1, 0.15) is 6.92 Å². The minimum atomic E-state index is -0.644. The quantitative estimate of drug-likeness (QED) is 0.480. The van der Waals surface area contributed by atoms with Crippen LogP contribution in [0.4, 0.5) is 0 Å². The van der Waals surface area contributed by atoms with Gasteiger partial charge in [-0.15, -0.1) is 16.8 Å². The molecule has 16 heavy (non-hydrogen) atoms. The highest BCUT2D eigenvalue weighted by Crippen LogP contribution is 2.53. The van der Waals surface area contributed by atoms with Gasteiger partial charge in [-0.05, 0) is 0 Å². The van der Waals surface area contributed by atoms with E-state index in [0.29, 0.717) is 5.06 Å². The second kappa shape index (κ2) is 3.10. The van der Waals surface area contributed by atoms with E-state index >= 15 is 0 Å². The molecule has 0 aromatic rings. The van der Waals surface area contributed by atoms with Crippen molar-refractivity contribution in [2.45, 2.75) is 17.4 Å². The molecular formula is C10H9NO4S. The molecule has 6 heteroatoms. The van der Waals surface area contributed by atoms with Gasteiger partial charge in [0.1, 0.15) is 0 Å². The van der Waals surface area contributed by atoms with Crippen molar-refractivity contribution >= 4 is 29.5 Å². The maximum Gasteiger partial charge on any atom is 0.330 e. The molecule has 0 aliphatic carbocycles. The normalized spacial score (nSPS) is 39.4. The van der Waals surface area contributed by atoms with Crippen molar-refractivity contribution in [3.05, 3.63) is 12.2 Å². The first-order valence-corrected chi connectivity index (χ1v) is 5.94. The number of hydrogen-bond acceptors (Lipinski definition) is 5. The number of imide groups is 1. The Balaban J connectivity index is 1.91. The molecule has 0 spiro atoms. The number of rotatable bonds is 1. The number of thioether (sulfide) groups is 1. The number of fused-ring (bicyclic) bond motifs is 5. The molecule has 2 saturated heterocycles. The number of nitrogens with zero attached hydrogens (tertiary/aromatic N) is 1. The van der Waals surface area contributed by atoms with Crippen LogP contribution in [-0.4, -0.2) is 33.3 Å². The van der Waals surface area contributed by atoms with E-state index in [9.17, 15) is 14.4 Å². The van der Waals surface area contributed by atoms with Gasteiger partial charge < -0.3 is 4.84 Å². The lowest BCUT2D eigenvalue weighted by Crippen LogP contribution is -2.34. The summed E-state index contributed by atoms with van der Waals surface area (Å²) in [6, 6.07) is 0. The van der Waals surface area contributed by atoms with E-state index in [1.807, 2.05) is 12.2 Å². The summed E-state index contributed by atoms with van der Waals surface area (Å²) in [5, 5.41) is 0.767. The van der Waals surface area contributed by atoms with Crippen LogP contribution in [0, 0.1) is 11.8 Å². The van der Waals surface area contributed by atoms with Crippen molar-refractivity contribution in [2.24, 2.45) is 11.8 Å². The van der Waals surface area contributed by atoms with Gasteiger partial charge >= 0.3 is 5.97 Å². The monoisotopic (exact) mass is 239 g/mol. The lowest BCUT2D eigenvalue weighted by atomic mass is 9.85. The Morgan fingerprint density at radius 1 is 1.25 bits per heavy atom. The summed E-state index contributed by atoms with van der Waals surface area (Å²) in [7, 11) is 0. The van der Waals surface area contributed by atoms with Crippen molar-refractivity contribution < 1.29 is 19.2 Å². The first-order chi connectivity index (χ1) is 7.59. The molecule has 3 heterocycles. The summed E-state index contributed by atoms with van der Waals surface area (Å²) >= 11 is 1.63. The van der Waals surface area contributed by atoms with Crippen LogP contribution in [0.15, 0.2) is 12.2 Å². The fourth-order valence-electron chi connectivity index (χ4n) is 2.49. The topological polar surface area (TPSA) is 63.7 Å². The molecule has 0 aromatic heterocycles. The minimum absolute atomic E-state index is 0.0620. The maximum atomic E-state index is 11.9. The first kappa shape index (κ1) is 9.89. The van der Waals surface area contributed by atoms with E-state index in [1.165, 1.54) is 6.92 Å². The summed E-state index contributed by atoms with van der Waals surface area (Å²) in [6.07, 6.45) is 3.91. The van der Waals surface area contributed by atoms with Crippen molar-refractivity contribution in [1.82, 2.24) is 5.06 Å². The van der Waals surface area contributed by atoms with Crippen LogP contribution >= 0.6 is 11.8 Å². The number of hydroxylamine groups is 2. The Morgan fingerprint density at radius 3 is 2.19 bits per heavy atom. The number of hydrogen-bond donors (Lipinski definition) is 0. The van der Waals surface area contributed by atoms with Crippen LogP contribution in [0.25, 0.3) is 0 Å². The number of carbonyl (C=O) groups is 3. The van der Waals surface area contributed by atoms with E-state index in [1.54, 1.807) is 11.8 Å². The summed E-state index contributed by atoms with van der Waals surface area (Å²) in [5.74, 6) is -2.09. The Kier molecular flexibility index (Phi) is 1.92. The molecule has 5 nitrogen and oxygen atoms in total. The lowest BCUT2D eigenvalue weighted by Gasteiger charge is -2.14. The molecule has 2 bridgehead atoms. The molecule has 4 atom stereocenters. The summed E-state index contributed by atoms with van der Waals surface area (Å²) in [6.45, 7) is 1.18. The molecule has 2 amide bonds. The third kappa shape index (κ3) is 1.10. The van der Waals surface area contributed by atoms with Crippen LogP contribution in [0.2, 0.25) is 0 Å². The van der Waals surface area contributed by atoms with Crippen molar-refractivity contribution in [3.63, 3.8) is 0 Å². The molecule has 3 rings (SSSR count). The van der Waals surface area contributed by atoms with Gasteiger partial charge in [0.25, 0.3) is 11.8 Å². The first-order valence-electron chi connectivity index (χ1n) is 5.00. The zero-order chi connectivity index (χ0) is 11.4. The highest BCUT2D eigenvalue weighted by molar-refractivity contribution is 8.01. The molecule has 4 unspecified atom stereocenters. The Labute approximate surface area is 95.8 Å². The van der Waals surface area contributed by atoms with Crippen LogP contribution in [0.5, 0.6) is 0 Å². The fraction of sp³-hybridized carbons (Fsp3) is 0.500. The van der Waals surface area contributed by atoms with Crippen molar-refractivity contribution in [2.75, 3.05) is 0 Å². The number of carbonyl (C=O) groups excluding carboxylic acids is 3. The number of amides is 2. The van der Waals surface area contributed by atoms with E-state index in [0.717, 1.165) is 0 Å². The molecule has 2 fully saturated rings.